The Bertz CT molecular complexity index is 1600. The highest BCUT2D eigenvalue weighted by Crippen LogP contribution is 2.33. The number of carbonyl (C=O) groups excluding carboxylic acids is 6. The second-order valence-corrected chi connectivity index (χ2v) is 20.5. The summed E-state index contributed by atoms with van der Waals surface area (Å²) in [7, 11) is 0. The lowest BCUT2D eigenvalue weighted by atomic mass is 9.79. The van der Waals surface area contributed by atoms with E-state index in [4.69, 9.17) is 4.74 Å². The monoisotopic (exact) mass is 869 g/mol. The first kappa shape index (κ1) is 47.6. The van der Waals surface area contributed by atoms with E-state index in [-0.39, 0.29) is 59.7 Å². The average molecular weight is 869 g/mol. The summed E-state index contributed by atoms with van der Waals surface area (Å²) in [4.78, 5) is 94.4. The van der Waals surface area contributed by atoms with Gasteiger partial charge in [0.25, 0.3) is 0 Å². The molecule has 0 aromatic heterocycles. The molecule has 15 heteroatoms. The van der Waals surface area contributed by atoms with Crippen molar-refractivity contribution < 1.29 is 43.4 Å². The van der Waals surface area contributed by atoms with E-state index >= 15 is 0 Å². The number of amides is 6. The van der Waals surface area contributed by atoms with E-state index in [9.17, 15) is 38.7 Å². The maximum absolute atomic E-state index is 14.2. The fourth-order valence-electron chi connectivity index (χ4n) is 11.6. The Balaban J connectivity index is 1.04. The number of ether oxygens (including phenoxy) is 1. The average Bonchev–Trinajstić information content (AvgIpc) is 3.24. The highest BCUT2D eigenvalue weighted by atomic mass is 16.6. The van der Waals surface area contributed by atoms with Crippen LogP contribution >= 0.6 is 0 Å². The number of alkyl carbamates (subject to hydrolysis) is 1. The Kier molecular flexibility index (Phi) is 17.0. The van der Waals surface area contributed by atoms with Gasteiger partial charge in [0.2, 0.25) is 29.5 Å². The van der Waals surface area contributed by atoms with Gasteiger partial charge in [0.15, 0.2) is 0 Å². The molecule has 6 rings (SSSR count). The van der Waals surface area contributed by atoms with Crippen LogP contribution in [0.25, 0.3) is 0 Å². The Labute approximate surface area is 368 Å². The van der Waals surface area contributed by atoms with Gasteiger partial charge in [0.05, 0.1) is 35.5 Å². The molecule has 7 N–H and O–H groups in total. The van der Waals surface area contributed by atoms with Crippen LogP contribution in [0.5, 0.6) is 0 Å². The first-order valence-corrected chi connectivity index (χ1v) is 24.4. The molecule has 6 amide bonds. The van der Waals surface area contributed by atoms with Crippen LogP contribution < -0.4 is 31.9 Å². The summed E-state index contributed by atoms with van der Waals surface area (Å²) >= 11 is 0. The van der Waals surface area contributed by atoms with Crippen LogP contribution in [0, 0.1) is 35.5 Å². The summed E-state index contributed by atoms with van der Waals surface area (Å²) in [5, 5.41) is 28.7. The van der Waals surface area contributed by atoms with Crippen LogP contribution in [0.2, 0.25) is 0 Å². The minimum absolute atomic E-state index is 0.144. The van der Waals surface area contributed by atoms with Crippen molar-refractivity contribution in [2.75, 3.05) is 0 Å². The molecule has 62 heavy (non-hydrogen) atoms. The Morgan fingerprint density at radius 1 is 0.355 bits per heavy atom. The van der Waals surface area contributed by atoms with E-state index in [1.54, 1.807) is 20.8 Å². The highest BCUT2D eigenvalue weighted by molar-refractivity contribution is 5.87. The summed E-state index contributed by atoms with van der Waals surface area (Å²) in [6.45, 7) is 5.41. The van der Waals surface area contributed by atoms with Crippen molar-refractivity contribution in [3.63, 3.8) is 0 Å². The van der Waals surface area contributed by atoms with Crippen molar-refractivity contribution >= 4 is 41.6 Å². The predicted molar refractivity (Wildman–Crippen MR) is 232 cm³/mol. The Morgan fingerprint density at radius 2 is 0.565 bits per heavy atom. The molecule has 0 radical (unpaired) electrons. The van der Waals surface area contributed by atoms with Gasteiger partial charge in [0.1, 0.15) is 5.60 Å². The van der Waals surface area contributed by atoms with E-state index < -0.39 is 59.2 Å². The summed E-state index contributed by atoms with van der Waals surface area (Å²) < 4.78 is 5.48. The number of hydrogen-bond donors (Lipinski definition) is 7. The molecule has 12 atom stereocenters. The van der Waals surface area contributed by atoms with Gasteiger partial charge < -0.3 is 41.7 Å². The topological polar surface area (TPSA) is 221 Å². The normalized spacial score (nSPS) is 34.3. The van der Waals surface area contributed by atoms with Gasteiger partial charge in [0, 0.05) is 36.3 Å². The maximum Gasteiger partial charge on any atom is 0.407 e. The number of carbonyl (C=O) groups is 7. The van der Waals surface area contributed by atoms with Crippen molar-refractivity contribution in [3.05, 3.63) is 0 Å². The van der Waals surface area contributed by atoms with E-state index in [1.807, 2.05) is 0 Å². The van der Waals surface area contributed by atoms with Crippen LogP contribution in [0.1, 0.15) is 175 Å². The standard InChI is InChI=1S/C47H76N6O9/c1-47(2,3)62-46(61)53-38-26-14-8-20-32(38)44(58)51-36-24-12-6-18-30(36)42(56)49-34-22-10-4-16-28(34)40(54)48-35-23-11-5-17-29(35)41(55)50-37-25-13-7-19-31(37)43(57)52-39-27-15-9-21-33(39)45(59)60/h28-39H,4-27H2,1-3H3,(H,48,54)(H,49,56)(H,50,55)(H,51,58)(H,52,57)(H,53,61)(H,59,60)/t28-,29-,30-,31-,32-,33-,34-,35-,36-,37-,38-,39-/m0/s1. The number of aliphatic carboxylic acids is 1. The second-order valence-electron chi connectivity index (χ2n) is 20.5. The third kappa shape index (κ3) is 12.9. The number of carboxylic acid groups (broad SMARTS) is 1. The lowest BCUT2D eigenvalue weighted by Gasteiger charge is -2.39. The molecule has 6 fully saturated rings. The number of rotatable bonds is 12. The minimum atomic E-state index is -0.879. The zero-order valence-corrected chi connectivity index (χ0v) is 37.6. The van der Waals surface area contributed by atoms with Crippen molar-refractivity contribution in [2.45, 2.75) is 217 Å². The number of carboxylic acids is 1. The van der Waals surface area contributed by atoms with Crippen LogP contribution in [0.3, 0.4) is 0 Å². The molecule has 6 saturated carbocycles. The second kappa shape index (κ2) is 22.1. The molecule has 6 aliphatic carbocycles. The summed E-state index contributed by atoms with van der Waals surface area (Å²) in [5.41, 5.74) is -0.653. The van der Waals surface area contributed by atoms with Gasteiger partial charge in [-0.05, 0) is 97.8 Å². The first-order chi connectivity index (χ1) is 29.7. The number of hydrogen-bond acceptors (Lipinski definition) is 8. The molecule has 348 valence electrons. The quantitative estimate of drug-likeness (QED) is 0.131. The molecule has 0 heterocycles. The smallest absolute Gasteiger partial charge is 0.407 e. The molecule has 0 bridgehead atoms. The van der Waals surface area contributed by atoms with E-state index in [1.165, 1.54) is 0 Å². The summed E-state index contributed by atoms with van der Waals surface area (Å²) in [6, 6.07) is -2.18. The molecular weight excluding hydrogens is 793 g/mol. The van der Waals surface area contributed by atoms with E-state index in [0.29, 0.717) is 77.0 Å². The lowest BCUT2D eigenvalue weighted by Crippen LogP contribution is -2.58. The summed E-state index contributed by atoms with van der Waals surface area (Å²) in [6.07, 6.45) is 17.7. The van der Waals surface area contributed by atoms with Gasteiger partial charge >= 0.3 is 12.1 Å². The molecule has 0 spiro atoms. The van der Waals surface area contributed by atoms with Crippen LogP contribution in [0.4, 0.5) is 4.79 Å². The highest BCUT2D eigenvalue weighted by Gasteiger charge is 2.43. The first-order valence-electron chi connectivity index (χ1n) is 24.4. The number of nitrogens with one attached hydrogen (secondary N) is 6. The third-order valence-corrected chi connectivity index (χ3v) is 14.9. The Morgan fingerprint density at radius 3 is 0.806 bits per heavy atom. The van der Waals surface area contributed by atoms with Crippen molar-refractivity contribution in [2.24, 2.45) is 35.5 Å². The fourth-order valence-corrected chi connectivity index (χ4v) is 11.6. The van der Waals surface area contributed by atoms with Gasteiger partial charge in [-0.15, -0.1) is 0 Å². The fraction of sp³-hybridized carbons (Fsp3) is 0.851. The van der Waals surface area contributed by atoms with Gasteiger partial charge in [-0.25, -0.2) is 4.79 Å². The SMILES string of the molecule is CC(C)(C)OC(=O)N[C@H]1CCCC[C@@H]1C(=O)N[C@H]1CCCC[C@@H]1C(=O)N[C@H]1CCCC[C@@H]1C(=O)N[C@H]1CCCC[C@@H]1C(=O)N[C@H]1CCCC[C@@H]1C(=O)N[C@H]1CCCC[C@@H]1C(=O)O. The molecule has 15 nitrogen and oxygen atoms in total. The van der Waals surface area contributed by atoms with Crippen LogP contribution in [0.15, 0.2) is 0 Å². The molecule has 0 saturated heterocycles. The van der Waals surface area contributed by atoms with Crippen molar-refractivity contribution in [3.8, 4) is 0 Å². The minimum Gasteiger partial charge on any atom is -0.481 e. The zero-order valence-electron chi connectivity index (χ0n) is 37.6. The van der Waals surface area contributed by atoms with Gasteiger partial charge in [-0.3, -0.25) is 28.8 Å². The van der Waals surface area contributed by atoms with Crippen molar-refractivity contribution in [1.82, 2.24) is 31.9 Å². The molecule has 6 aliphatic rings. The maximum atomic E-state index is 14.2. The van der Waals surface area contributed by atoms with Crippen molar-refractivity contribution in [1.29, 1.82) is 0 Å². The predicted octanol–water partition coefficient (Wildman–Crippen LogP) is 5.53. The van der Waals surface area contributed by atoms with E-state index in [2.05, 4.69) is 31.9 Å². The zero-order chi connectivity index (χ0) is 44.4. The molecule has 0 aromatic rings. The van der Waals surface area contributed by atoms with E-state index in [0.717, 1.165) is 77.0 Å². The van der Waals surface area contributed by atoms with Crippen LogP contribution in [-0.2, 0) is 33.5 Å². The third-order valence-electron chi connectivity index (χ3n) is 14.9. The largest absolute Gasteiger partial charge is 0.481 e. The molecular formula is C47H76N6O9. The molecule has 0 unspecified atom stereocenters. The molecule has 0 aromatic carbocycles. The summed E-state index contributed by atoms with van der Waals surface area (Å²) in [5.74, 6) is -4.42. The van der Waals surface area contributed by atoms with Gasteiger partial charge in [-0.2, -0.15) is 0 Å². The van der Waals surface area contributed by atoms with Crippen LogP contribution in [-0.4, -0.2) is 88.6 Å². The molecule has 0 aliphatic heterocycles. The van der Waals surface area contributed by atoms with Gasteiger partial charge in [-0.1, -0.05) is 77.0 Å². The lowest BCUT2D eigenvalue weighted by molar-refractivity contribution is -0.144. The Hall–Kier alpha value is -3.91.